The Hall–Kier alpha value is -2.35. The van der Waals surface area contributed by atoms with Gasteiger partial charge in [0, 0.05) is 11.2 Å². The van der Waals surface area contributed by atoms with Gasteiger partial charge in [0.25, 0.3) is 5.91 Å². The minimum Gasteiger partial charge on any atom is -0.486 e. The lowest BCUT2D eigenvalue weighted by molar-refractivity contribution is 0.0959. The topological polar surface area (TPSA) is 67.4 Å². The van der Waals surface area contributed by atoms with Gasteiger partial charge in [0.15, 0.2) is 5.75 Å². The Morgan fingerprint density at radius 2 is 1.70 bits per heavy atom. The molecule has 2 N–H and O–H groups in total. The number of nitrogens with one attached hydrogen (secondary N) is 2. The number of halogens is 5. The highest BCUT2D eigenvalue weighted by molar-refractivity contribution is 6.37. The molecule has 0 unspecified atom stereocenters. The van der Waals surface area contributed by atoms with E-state index < -0.39 is 29.1 Å². The smallest absolute Gasteiger partial charge is 0.326 e. The first kappa shape index (κ1) is 21.0. The SMILES string of the molecule is O=C(NC(=O)c1c(F)cccc1F)Nc1cc(Cl)c(OCC=CCl)c(Cl)c1. The summed E-state index contributed by atoms with van der Waals surface area (Å²) in [6.45, 7) is 0.124. The van der Waals surface area contributed by atoms with Crippen LogP contribution in [-0.4, -0.2) is 18.5 Å². The molecule has 0 heterocycles. The van der Waals surface area contributed by atoms with Gasteiger partial charge >= 0.3 is 6.03 Å². The summed E-state index contributed by atoms with van der Waals surface area (Å²) < 4.78 is 32.4. The van der Waals surface area contributed by atoms with Crippen LogP contribution in [0.3, 0.4) is 0 Å². The van der Waals surface area contributed by atoms with E-state index in [9.17, 15) is 18.4 Å². The summed E-state index contributed by atoms with van der Waals surface area (Å²) in [5, 5.41) is 4.27. The number of carbonyl (C=O) groups excluding carboxylic acids is 2. The standard InChI is InChI=1S/C17H11Cl3F2N2O3/c18-5-2-6-27-15-10(19)7-9(8-11(15)20)23-17(26)24-16(25)14-12(21)3-1-4-13(14)22/h1-5,7-8H,6H2,(H2,23,24,25,26). The van der Waals surface area contributed by atoms with E-state index in [1.54, 1.807) is 0 Å². The van der Waals surface area contributed by atoms with Crippen LogP contribution in [0, 0.1) is 11.6 Å². The molecule has 3 amide bonds. The predicted octanol–water partition coefficient (Wildman–Crippen LogP) is 5.36. The maximum atomic E-state index is 13.6. The van der Waals surface area contributed by atoms with Crippen molar-refractivity contribution in [3.8, 4) is 5.75 Å². The van der Waals surface area contributed by atoms with E-state index in [1.807, 2.05) is 5.32 Å². The van der Waals surface area contributed by atoms with Crippen molar-refractivity contribution in [2.45, 2.75) is 0 Å². The summed E-state index contributed by atoms with van der Waals surface area (Å²) in [6, 6.07) is 4.50. The highest BCUT2D eigenvalue weighted by Crippen LogP contribution is 2.36. The summed E-state index contributed by atoms with van der Waals surface area (Å²) in [6.07, 6.45) is 1.52. The molecule has 0 aromatic heterocycles. The van der Waals surface area contributed by atoms with Crippen LogP contribution in [-0.2, 0) is 0 Å². The van der Waals surface area contributed by atoms with Gasteiger partial charge in [0.1, 0.15) is 23.8 Å². The number of ether oxygens (including phenoxy) is 1. The fourth-order valence-corrected chi connectivity index (χ4v) is 2.65. The van der Waals surface area contributed by atoms with Crippen molar-refractivity contribution in [3.63, 3.8) is 0 Å². The summed E-state index contributed by atoms with van der Waals surface area (Å²) in [4.78, 5) is 23.8. The summed E-state index contributed by atoms with van der Waals surface area (Å²) in [5.74, 6) is -3.27. The Labute approximate surface area is 167 Å². The zero-order valence-electron chi connectivity index (χ0n) is 13.4. The average molecular weight is 436 g/mol. The van der Waals surface area contributed by atoms with Gasteiger partial charge in [0.2, 0.25) is 0 Å². The first-order chi connectivity index (χ1) is 12.8. The fraction of sp³-hybridized carbons (Fsp3) is 0.0588. The predicted molar refractivity (Wildman–Crippen MR) is 99.8 cm³/mol. The molecule has 0 aliphatic carbocycles. The summed E-state index contributed by atoms with van der Waals surface area (Å²) in [5.41, 5.74) is 0.515. The number of carbonyl (C=O) groups is 2. The second-order valence-corrected chi connectivity index (χ2v) is 6.01. The quantitative estimate of drug-likeness (QED) is 0.664. The third-order valence-electron chi connectivity index (χ3n) is 3.09. The molecular weight excluding hydrogens is 425 g/mol. The minimum atomic E-state index is -1.24. The van der Waals surface area contributed by atoms with Gasteiger partial charge < -0.3 is 10.1 Å². The van der Waals surface area contributed by atoms with Gasteiger partial charge in [-0.15, -0.1) is 0 Å². The zero-order chi connectivity index (χ0) is 20.0. The summed E-state index contributed by atoms with van der Waals surface area (Å²) >= 11 is 17.5. The third kappa shape index (κ3) is 5.56. The van der Waals surface area contributed by atoms with E-state index in [4.69, 9.17) is 39.5 Å². The van der Waals surface area contributed by atoms with Crippen LogP contribution < -0.4 is 15.4 Å². The molecule has 0 aliphatic heterocycles. The van der Waals surface area contributed by atoms with Gasteiger partial charge in [-0.05, 0) is 30.3 Å². The number of imide groups is 1. The van der Waals surface area contributed by atoms with Crippen LogP contribution in [0.25, 0.3) is 0 Å². The molecule has 0 atom stereocenters. The molecule has 10 heteroatoms. The molecular formula is C17H11Cl3F2N2O3. The minimum absolute atomic E-state index is 0.0900. The van der Waals surface area contributed by atoms with Crippen LogP contribution in [0.15, 0.2) is 41.9 Å². The Morgan fingerprint density at radius 1 is 1.11 bits per heavy atom. The van der Waals surface area contributed by atoms with Gasteiger partial charge in [-0.1, -0.05) is 40.9 Å². The molecule has 0 radical (unpaired) electrons. The van der Waals surface area contributed by atoms with Crippen LogP contribution in [0.2, 0.25) is 10.0 Å². The molecule has 142 valence electrons. The number of benzene rings is 2. The Kier molecular flexibility index (Phi) is 7.41. The molecule has 0 bridgehead atoms. The van der Waals surface area contributed by atoms with E-state index in [0.29, 0.717) is 0 Å². The average Bonchev–Trinajstić information content (AvgIpc) is 2.57. The lowest BCUT2D eigenvalue weighted by Crippen LogP contribution is -2.35. The van der Waals surface area contributed by atoms with Gasteiger partial charge in [-0.25, -0.2) is 13.6 Å². The van der Waals surface area contributed by atoms with E-state index >= 15 is 0 Å². The van der Waals surface area contributed by atoms with Crippen molar-refractivity contribution in [2.75, 3.05) is 11.9 Å². The first-order valence-electron chi connectivity index (χ1n) is 7.27. The van der Waals surface area contributed by atoms with E-state index in [-0.39, 0.29) is 28.1 Å². The number of anilines is 1. The Morgan fingerprint density at radius 3 is 2.26 bits per heavy atom. The fourth-order valence-electron chi connectivity index (χ4n) is 1.98. The third-order valence-corrected chi connectivity index (χ3v) is 3.83. The maximum Gasteiger partial charge on any atom is 0.326 e. The van der Waals surface area contributed by atoms with Crippen molar-refractivity contribution < 1.29 is 23.1 Å². The molecule has 2 rings (SSSR count). The van der Waals surface area contributed by atoms with Crippen molar-refractivity contribution >= 4 is 52.4 Å². The number of urea groups is 1. The maximum absolute atomic E-state index is 13.6. The largest absolute Gasteiger partial charge is 0.486 e. The van der Waals surface area contributed by atoms with Gasteiger partial charge in [0.05, 0.1) is 10.0 Å². The van der Waals surface area contributed by atoms with Crippen LogP contribution >= 0.6 is 34.8 Å². The lowest BCUT2D eigenvalue weighted by atomic mass is 10.2. The molecule has 2 aromatic carbocycles. The lowest BCUT2D eigenvalue weighted by Gasteiger charge is -2.12. The molecule has 0 aliphatic rings. The van der Waals surface area contributed by atoms with Crippen LogP contribution in [0.1, 0.15) is 10.4 Å². The number of rotatable bonds is 5. The zero-order valence-corrected chi connectivity index (χ0v) is 15.6. The first-order valence-corrected chi connectivity index (χ1v) is 8.46. The molecule has 27 heavy (non-hydrogen) atoms. The molecule has 5 nitrogen and oxygen atoms in total. The normalized spacial score (nSPS) is 10.7. The van der Waals surface area contributed by atoms with Gasteiger partial charge in [-0.2, -0.15) is 0 Å². The Bertz CT molecular complexity index is 864. The van der Waals surface area contributed by atoms with Gasteiger partial charge in [-0.3, -0.25) is 10.1 Å². The highest BCUT2D eigenvalue weighted by Gasteiger charge is 2.19. The monoisotopic (exact) mass is 434 g/mol. The molecule has 0 spiro atoms. The van der Waals surface area contributed by atoms with Crippen LogP contribution in [0.5, 0.6) is 5.75 Å². The van der Waals surface area contributed by atoms with Crippen LogP contribution in [0.4, 0.5) is 19.3 Å². The molecule has 2 aromatic rings. The number of hydrogen-bond acceptors (Lipinski definition) is 3. The van der Waals surface area contributed by atoms with Crippen molar-refractivity contribution in [3.05, 3.63) is 69.2 Å². The van der Waals surface area contributed by atoms with E-state index in [1.165, 1.54) is 23.7 Å². The van der Waals surface area contributed by atoms with Crippen molar-refractivity contribution in [1.29, 1.82) is 0 Å². The number of hydrogen-bond donors (Lipinski definition) is 2. The second kappa shape index (κ2) is 9.55. The summed E-state index contributed by atoms with van der Waals surface area (Å²) in [7, 11) is 0. The van der Waals surface area contributed by atoms with Crippen molar-refractivity contribution in [1.82, 2.24) is 5.32 Å². The van der Waals surface area contributed by atoms with E-state index in [2.05, 4.69) is 5.32 Å². The number of amides is 3. The van der Waals surface area contributed by atoms with Crippen molar-refractivity contribution in [2.24, 2.45) is 0 Å². The highest BCUT2D eigenvalue weighted by atomic mass is 35.5. The molecule has 0 saturated heterocycles. The second-order valence-electron chi connectivity index (χ2n) is 4.95. The molecule has 0 saturated carbocycles. The van der Waals surface area contributed by atoms with E-state index in [0.717, 1.165) is 18.2 Å². The molecule has 0 fully saturated rings. The Balaban J connectivity index is 2.08.